The first-order valence-corrected chi connectivity index (χ1v) is 10.8. The van der Waals surface area contributed by atoms with E-state index in [1.165, 1.54) is 44.2 Å². The van der Waals surface area contributed by atoms with Crippen LogP contribution in [0.4, 0.5) is 5.69 Å². The smallest absolute Gasteiger partial charge is 0.311 e. The Morgan fingerprint density at radius 2 is 2.11 bits per heavy atom. The normalized spacial score (nSPS) is 25.0. The number of carbonyl (C=O) groups is 1. The van der Waals surface area contributed by atoms with E-state index < -0.39 is 4.92 Å². The van der Waals surface area contributed by atoms with Gasteiger partial charge in [-0.25, -0.2) is 0 Å². The molecular weight excluding hydrogens is 364 g/mol. The van der Waals surface area contributed by atoms with E-state index in [0.717, 1.165) is 24.9 Å². The van der Waals surface area contributed by atoms with Crippen LogP contribution >= 0.6 is 11.8 Å². The molecule has 1 aliphatic heterocycles. The third kappa shape index (κ3) is 4.57. The lowest BCUT2D eigenvalue weighted by Crippen LogP contribution is -2.52. The number of carbonyl (C=O) groups excluding carboxylic acids is 1. The maximum Gasteiger partial charge on any atom is 0.311 e. The van der Waals surface area contributed by atoms with Crippen LogP contribution in [0, 0.1) is 22.0 Å². The Morgan fingerprint density at radius 1 is 1.33 bits per heavy atom. The van der Waals surface area contributed by atoms with E-state index >= 15 is 0 Å². The van der Waals surface area contributed by atoms with Crippen LogP contribution in [0.2, 0.25) is 0 Å². The van der Waals surface area contributed by atoms with Gasteiger partial charge in [-0.3, -0.25) is 14.9 Å². The zero-order valence-corrected chi connectivity index (χ0v) is 16.9. The molecule has 3 atom stereocenters. The van der Waals surface area contributed by atoms with Gasteiger partial charge in [0, 0.05) is 24.4 Å². The minimum atomic E-state index is -0.434. The van der Waals surface area contributed by atoms with Gasteiger partial charge in [0.15, 0.2) is 5.75 Å². The largest absolute Gasteiger partial charge is 0.490 e. The van der Waals surface area contributed by atoms with Gasteiger partial charge in [-0.1, -0.05) is 25.8 Å². The van der Waals surface area contributed by atoms with E-state index in [1.54, 1.807) is 6.07 Å². The molecule has 27 heavy (non-hydrogen) atoms. The highest BCUT2D eigenvalue weighted by Crippen LogP contribution is 2.39. The van der Waals surface area contributed by atoms with Gasteiger partial charge in [0.25, 0.3) is 0 Å². The summed E-state index contributed by atoms with van der Waals surface area (Å²) < 4.78 is 5.03. The van der Waals surface area contributed by atoms with Gasteiger partial charge in [-0.15, -0.1) is 11.8 Å². The fourth-order valence-corrected chi connectivity index (χ4v) is 5.39. The summed E-state index contributed by atoms with van der Waals surface area (Å²) in [7, 11) is 1.42. The summed E-state index contributed by atoms with van der Waals surface area (Å²) in [5, 5.41) is 11.1. The molecular formula is C20H28N2O4S. The van der Waals surface area contributed by atoms with Crippen molar-refractivity contribution in [2.45, 2.75) is 50.8 Å². The second-order valence-corrected chi connectivity index (χ2v) is 8.61. The molecule has 0 spiro atoms. The molecule has 7 heteroatoms. The Labute approximate surface area is 164 Å². The number of likely N-dealkylation sites (tertiary alicyclic amines) is 1. The van der Waals surface area contributed by atoms with Crippen molar-refractivity contribution in [3.63, 3.8) is 0 Å². The first-order valence-electron chi connectivity index (χ1n) is 9.69. The predicted molar refractivity (Wildman–Crippen MR) is 107 cm³/mol. The minimum Gasteiger partial charge on any atom is -0.490 e. The molecule has 0 aromatic heterocycles. The van der Waals surface area contributed by atoms with Crippen LogP contribution in [-0.2, 0) is 10.5 Å². The average Bonchev–Trinajstić information content (AvgIpc) is 2.68. The van der Waals surface area contributed by atoms with E-state index in [0.29, 0.717) is 29.4 Å². The summed E-state index contributed by atoms with van der Waals surface area (Å²) in [5.41, 5.74) is 0.806. The fraction of sp³-hybridized carbons (Fsp3) is 0.650. The number of hydrogen-bond acceptors (Lipinski definition) is 5. The van der Waals surface area contributed by atoms with Crippen LogP contribution in [0.1, 0.15) is 44.6 Å². The van der Waals surface area contributed by atoms with Crippen LogP contribution in [-0.4, -0.2) is 41.2 Å². The van der Waals surface area contributed by atoms with Crippen molar-refractivity contribution in [2.75, 3.05) is 19.4 Å². The molecule has 0 radical (unpaired) electrons. The number of ether oxygens (including phenoxy) is 1. The molecule has 3 rings (SSSR count). The molecule has 1 saturated heterocycles. The van der Waals surface area contributed by atoms with Gasteiger partial charge in [-0.2, -0.15) is 0 Å². The number of fused-ring (bicyclic) bond motifs is 1. The summed E-state index contributed by atoms with van der Waals surface area (Å²) in [6, 6.07) is 5.39. The number of rotatable bonds is 6. The SMILES string of the molecule is COc1ccc(CSCC(=O)N2CCC(C)C3CCCCC32)cc1[N+](=O)[O-]. The monoisotopic (exact) mass is 392 g/mol. The van der Waals surface area contributed by atoms with E-state index in [9.17, 15) is 14.9 Å². The third-order valence-electron chi connectivity index (χ3n) is 5.99. The third-order valence-corrected chi connectivity index (χ3v) is 6.98. The van der Waals surface area contributed by atoms with Crippen LogP contribution in [0.25, 0.3) is 0 Å². The first-order chi connectivity index (χ1) is 13.0. The number of piperidine rings is 1. The highest BCUT2D eigenvalue weighted by atomic mass is 32.2. The Bertz CT molecular complexity index is 697. The van der Waals surface area contributed by atoms with E-state index in [4.69, 9.17) is 4.74 Å². The summed E-state index contributed by atoms with van der Waals surface area (Å²) in [5.74, 6) is 2.85. The zero-order chi connectivity index (χ0) is 19.4. The van der Waals surface area contributed by atoms with Crippen molar-refractivity contribution >= 4 is 23.4 Å². The molecule has 0 bridgehead atoms. The van der Waals surface area contributed by atoms with Crippen LogP contribution in [0.3, 0.4) is 0 Å². The Balaban J connectivity index is 1.56. The molecule has 6 nitrogen and oxygen atoms in total. The summed E-state index contributed by atoms with van der Waals surface area (Å²) in [4.78, 5) is 25.6. The molecule has 1 aromatic rings. The highest BCUT2D eigenvalue weighted by molar-refractivity contribution is 7.99. The van der Waals surface area contributed by atoms with Crippen molar-refractivity contribution < 1.29 is 14.5 Å². The molecule has 2 aliphatic rings. The molecule has 1 saturated carbocycles. The molecule has 3 unspecified atom stereocenters. The van der Waals surface area contributed by atoms with Crippen molar-refractivity contribution in [3.05, 3.63) is 33.9 Å². The maximum absolute atomic E-state index is 12.8. The lowest BCUT2D eigenvalue weighted by Gasteiger charge is -2.47. The number of hydrogen-bond donors (Lipinski definition) is 0. The zero-order valence-electron chi connectivity index (χ0n) is 16.1. The standard InChI is InChI=1S/C20H28N2O4S/c1-14-9-10-21(17-6-4-3-5-16(14)17)20(23)13-27-12-15-7-8-19(26-2)18(11-15)22(24)25/h7-8,11,14,16-17H,3-6,9-10,12-13H2,1-2H3. The minimum absolute atomic E-state index is 0.0306. The van der Waals surface area contributed by atoms with Crippen molar-refractivity contribution in [2.24, 2.45) is 11.8 Å². The average molecular weight is 393 g/mol. The second-order valence-electron chi connectivity index (χ2n) is 7.62. The van der Waals surface area contributed by atoms with Crippen molar-refractivity contribution in [3.8, 4) is 5.75 Å². The molecule has 1 heterocycles. The van der Waals surface area contributed by atoms with Gasteiger partial charge in [0.2, 0.25) is 5.91 Å². The number of nitro groups is 1. The van der Waals surface area contributed by atoms with E-state index in [2.05, 4.69) is 11.8 Å². The number of methoxy groups -OCH3 is 1. The Morgan fingerprint density at radius 3 is 2.85 bits per heavy atom. The topological polar surface area (TPSA) is 72.7 Å². The van der Waals surface area contributed by atoms with Gasteiger partial charge in [0.05, 0.1) is 17.8 Å². The first kappa shape index (κ1) is 20.0. The number of thioether (sulfide) groups is 1. The molecule has 1 amide bonds. The molecule has 1 aliphatic carbocycles. The second kappa shape index (κ2) is 8.95. The fourth-order valence-electron chi connectivity index (χ4n) is 4.53. The van der Waals surface area contributed by atoms with Gasteiger partial charge in [0.1, 0.15) is 0 Å². The molecule has 1 aromatic carbocycles. The molecule has 2 fully saturated rings. The quantitative estimate of drug-likeness (QED) is 0.534. The lowest BCUT2D eigenvalue weighted by atomic mass is 9.72. The summed E-state index contributed by atoms with van der Waals surface area (Å²) >= 11 is 1.53. The predicted octanol–water partition coefficient (Wildman–Crippen LogP) is 4.26. The lowest BCUT2D eigenvalue weighted by molar-refractivity contribution is -0.385. The number of benzene rings is 1. The van der Waals surface area contributed by atoms with Crippen LogP contribution in [0.5, 0.6) is 5.75 Å². The molecule has 148 valence electrons. The van der Waals surface area contributed by atoms with Crippen molar-refractivity contribution in [1.29, 1.82) is 0 Å². The van der Waals surface area contributed by atoms with Gasteiger partial charge < -0.3 is 9.64 Å². The van der Waals surface area contributed by atoms with Crippen molar-refractivity contribution in [1.82, 2.24) is 4.90 Å². The van der Waals surface area contributed by atoms with Crippen LogP contribution in [0.15, 0.2) is 18.2 Å². The summed E-state index contributed by atoms with van der Waals surface area (Å²) in [6.07, 6.45) is 6.00. The van der Waals surface area contributed by atoms with E-state index in [-0.39, 0.29) is 17.3 Å². The maximum atomic E-state index is 12.8. The number of nitrogens with zero attached hydrogens (tertiary/aromatic N) is 2. The van der Waals surface area contributed by atoms with E-state index in [1.807, 2.05) is 6.07 Å². The highest BCUT2D eigenvalue weighted by Gasteiger charge is 2.39. The number of nitro benzene ring substituents is 1. The number of amides is 1. The Hall–Kier alpha value is -1.76. The van der Waals surface area contributed by atoms with Gasteiger partial charge in [-0.05, 0) is 42.7 Å². The summed E-state index contributed by atoms with van der Waals surface area (Å²) in [6.45, 7) is 3.20. The molecule has 0 N–H and O–H groups in total. The Kier molecular flexibility index (Phi) is 6.63. The van der Waals surface area contributed by atoms with Gasteiger partial charge >= 0.3 is 5.69 Å². The van der Waals surface area contributed by atoms with Crippen LogP contribution < -0.4 is 4.74 Å².